The molecule has 0 N–H and O–H groups in total. The fraction of sp³-hybridized carbons (Fsp3) is 0.389. The van der Waals surface area contributed by atoms with E-state index in [2.05, 4.69) is 26.4 Å². The molecule has 3 aromatic heterocycles. The normalized spacial score (nSPS) is 15.4. The third-order valence-corrected chi connectivity index (χ3v) is 5.47. The van der Waals surface area contributed by atoms with Gasteiger partial charge >= 0.3 is 0 Å². The average Bonchev–Trinajstić information content (AvgIpc) is 3.35. The third kappa shape index (κ3) is 3.62. The van der Waals surface area contributed by atoms with Crippen molar-refractivity contribution in [3.05, 3.63) is 52.2 Å². The molecule has 1 aliphatic rings. The number of rotatable bonds is 5. The molecule has 8 heteroatoms. The van der Waals surface area contributed by atoms with E-state index in [1.54, 1.807) is 28.5 Å². The van der Waals surface area contributed by atoms with E-state index in [9.17, 15) is 4.79 Å². The van der Waals surface area contributed by atoms with E-state index >= 15 is 0 Å². The Morgan fingerprint density at radius 1 is 1.23 bits per heavy atom. The van der Waals surface area contributed by atoms with Crippen molar-refractivity contribution in [3.63, 3.8) is 0 Å². The zero-order chi connectivity index (χ0) is 17.9. The second kappa shape index (κ2) is 7.53. The summed E-state index contributed by atoms with van der Waals surface area (Å²) in [5.74, 6) is 0. The number of thiophene rings is 1. The van der Waals surface area contributed by atoms with E-state index in [1.165, 1.54) is 0 Å². The van der Waals surface area contributed by atoms with Gasteiger partial charge in [-0.25, -0.2) is 9.67 Å². The SMILES string of the molecule is Cc1cc(-c2cc(-n3ccnc3)cs2)nn(CCN2CCOCC2)c1=O. The largest absolute Gasteiger partial charge is 0.379 e. The molecule has 0 amide bonds. The Hall–Kier alpha value is -2.29. The van der Waals surface area contributed by atoms with Crippen molar-refractivity contribution in [2.24, 2.45) is 0 Å². The average molecular weight is 371 g/mol. The van der Waals surface area contributed by atoms with Gasteiger partial charge < -0.3 is 9.30 Å². The highest BCUT2D eigenvalue weighted by Crippen LogP contribution is 2.27. The van der Waals surface area contributed by atoms with Crippen molar-refractivity contribution in [1.82, 2.24) is 24.2 Å². The van der Waals surface area contributed by atoms with Gasteiger partial charge in [0.25, 0.3) is 5.56 Å². The van der Waals surface area contributed by atoms with Crippen LogP contribution in [0.5, 0.6) is 0 Å². The summed E-state index contributed by atoms with van der Waals surface area (Å²) in [5, 5.41) is 6.68. The smallest absolute Gasteiger partial charge is 0.269 e. The van der Waals surface area contributed by atoms with Gasteiger partial charge in [0.05, 0.1) is 36.7 Å². The fourth-order valence-corrected chi connectivity index (χ4v) is 3.86. The lowest BCUT2D eigenvalue weighted by atomic mass is 10.2. The Morgan fingerprint density at radius 3 is 2.85 bits per heavy atom. The lowest BCUT2D eigenvalue weighted by Crippen LogP contribution is -2.40. The molecule has 0 radical (unpaired) electrons. The van der Waals surface area contributed by atoms with Crippen molar-refractivity contribution < 1.29 is 4.74 Å². The van der Waals surface area contributed by atoms with E-state index < -0.39 is 0 Å². The minimum Gasteiger partial charge on any atom is -0.379 e. The van der Waals surface area contributed by atoms with Gasteiger partial charge in [0.1, 0.15) is 5.69 Å². The number of nitrogens with zero attached hydrogens (tertiary/aromatic N) is 5. The lowest BCUT2D eigenvalue weighted by molar-refractivity contribution is 0.0358. The summed E-state index contributed by atoms with van der Waals surface area (Å²) in [5.41, 5.74) is 2.58. The molecule has 26 heavy (non-hydrogen) atoms. The molecule has 0 aromatic carbocycles. The van der Waals surface area contributed by atoms with Crippen LogP contribution >= 0.6 is 11.3 Å². The molecule has 0 bridgehead atoms. The Bertz CT molecular complexity index is 925. The molecule has 0 saturated carbocycles. The maximum absolute atomic E-state index is 12.5. The van der Waals surface area contributed by atoms with Gasteiger partial charge in [0, 0.05) is 43.0 Å². The molecular weight excluding hydrogens is 350 g/mol. The van der Waals surface area contributed by atoms with E-state index in [0.29, 0.717) is 6.54 Å². The second-order valence-corrected chi connectivity index (χ2v) is 7.25. The molecule has 136 valence electrons. The molecule has 7 nitrogen and oxygen atoms in total. The highest BCUT2D eigenvalue weighted by atomic mass is 32.1. The monoisotopic (exact) mass is 371 g/mol. The Morgan fingerprint density at radius 2 is 2.08 bits per heavy atom. The fourth-order valence-electron chi connectivity index (χ4n) is 3.02. The van der Waals surface area contributed by atoms with Crippen LogP contribution in [0.25, 0.3) is 16.3 Å². The van der Waals surface area contributed by atoms with Gasteiger partial charge in [-0.05, 0) is 19.1 Å². The molecule has 0 atom stereocenters. The van der Waals surface area contributed by atoms with Crippen molar-refractivity contribution in [2.75, 3.05) is 32.8 Å². The standard InChI is InChI=1S/C18H21N5O2S/c1-14-10-16(17-11-15(12-26-17)22-3-2-19-13-22)20-23(18(14)24)5-4-21-6-8-25-9-7-21/h2-3,10-13H,4-9H2,1H3. The Balaban J connectivity index is 1.57. The van der Waals surface area contributed by atoms with Crippen LogP contribution in [-0.2, 0) is 11.3 Å². The first-order chi connectivity index (χ1) is 12.7. The molecule has 0 aliphatic carbocycles. The number of imidazole rings is 1. The second-order valence-electron chi connectivity index (χ2n) is 6.33. The van der Waals surface area contributed by atoms with Gasteiger partial charge in [-0.2, -0.15) is 5.10 Å². The molecule has 1 saturated heterocycles. The van der Waals surface area contributed by atoms with Gasteiger partial charge in [-0.3, -0.25) is 9.69 Å². The van der Waals surface area contributed by atoms with Gasteiger partial charge in [0.2, 0.25) is 0 Å². The number of hydrogen-bond acceptors (Lipinski definition) is 6. The maximum Gasteiger partial charge on any atom is 0.269 e. The highest BCUT2D eigenvalue weighted by Gasteiger charge is 2.13. The summed E-state index contributed by atoms with van der Waals surface area (Å²) < 4.78 is 8.93. The number of aromatic nitrogens is 4. The summed E-state index contributed by atoms with van der Waals surface area (Å²) in [6, 6.07) is 3.95. The van der Waals surface area contributed by atoms with Crippen LogP contribution in [-0.4, -0.2) is 57.1 Å². The van der Waals surface area contributed by atoms with Crippen LogP contribution in [0.2, 0.25) is 0 Å². The van der Waals surface area contributed by atoms with Crippen LogP contribution in [0.4, 0.5) is 0 Å². The molecule has 4 rings (SSSR count). The molecule has 1 aliphatic heterocycles. The Kier molecular flexibility index (Phi) is 4.96. The van der Waals surface area contributed by atoms with E-state index in [-0.39, 0.29) is 5.56 Å². The molecule has 3 aromatic rings. The number of morpholine rings is 1. The Labute approximate surface area is 155 Å². The molecular formula is C18H21N5O2S. The molecule has 4 heterocycles. The molecule has 1 fully saturated rings. The molecule has 0 spiro atoms. The number of hydrogen-bond donors (Lipinski definition) is 0. The van der Waals surface area contributed by atoms with Gasteiger partial charge in [0.15, 0.2) is 0 Å². The number of aryl methyl sites for hydroxylation is 1. The highest BCUT2D eigenvalue weighted by molar-refractivity contribution is 7.13. The predicted molar refractivity (Wildman–Crippen MR) is 101 cm³/mol. The first-order valence-electron chi connectivity index (χ1n) is 8.67. The summed E-state index contributed by atoms with van der Waals surface area (Å²) in [6.07, 6.45) is 5.44. The van der Waals surface area contributed by atoms with Crippen molar-refractivity contribution in [2.45, 2.75) is 13.5 Å². The zero-order valence-corrected chi connectivity index (χ0v) is 15.5. The first kappa shape index (κ1) is 17.1. The predicted octanol–water partition coefficient (Wildman–Crippen LogP) is 1.80. The van der Waals surface area contributed by atoms with Crippen molar-refractivity contribution >= 4 is 11.3 Å². The minimum atomic E-state index is -0.0200. The minimum absolute atomic E-state index is 0.0200. The lowest BCUT2D eigenvalue weighted by Gasteiger charge is -2.26. The van der Waals surface area contributed by atoms with E-state index in [1.807, 2.05) is 23.8 Å². The summed E-state index contributed by atoms with van der Waals surface area (Å²) in [6.45, 7) is 6.58. The van der Waals surface area contributed by atoms with Gasteiger partial charge in [-0.15, -0.1) is 11.3 Å². The van der Waals surface area contributed by atoms with E-state index in [0.717, 1.165) is 54.7 Å². The molecule has 0 unspecified atom stereocenters. The van der Waals surface area contributed by atoms with Crippen LogP contribution < -0.4 is 5.56 Å². The quantitative estimate of drug-likeness (QED) is 0.684. The topological polar surface area (TPSA) is 65.2 Å². The van der Waals surface area contributed by atoms with Crippen LogP contribution in [0.3, 0.4) is 0 Å². The summed E-state index contributed by atoms with van der Waals surface area (Å²) in [7, 11) is 0. The first-order valence-corrected chi connectivity index (χ1v) is 9.55. The van der Waals surface area contributed by atoms with Crippen molar-refractivity contribution in [1.29, 1.82) is 0 Å². The third-order valence-electron chi connectivity index (χ3n) is 4.53. The van der Waals surface area contributed by atoms with Gasteiger partial charge in [-0.1, -0.05) is 0 Å². The van der Waals surface area contributed by atoms with Crippen LogP contribution in [0.1, 0.15) is 5.56 Å². The maximum atomic E-state index is 12.5. The summed E-state index contributed by atoms with van der Waals surface area (Å²) in [4.78, 5) is 19.9. The summed E-state index contributed by atoms with van der Waals surface area (Å²) >= 11 is 1.62. The van der Waals surface area contributed by atoms with Crippen molar-refractivity contribution in [3.8, 4) is 16.3 Å². The zero-order valence-electron chi connectivity index (χ0n) is 14.7. The van der Waals surface area contributed by atoms with Crippen LogP contribution in [0.15, 0.2) is 41.0 Å². The number of ether oxygens (including phenoxy) is 1. The van der Waals surface area contributed by atoms with Crippen LogP contribution in [0, 0.1) is 6.92 Å². The van der Waals surface area contributed by atoms with E-state index in [4.69, 9.17) is 4.74 Å².